The minimum Gasteiger partial charge on any atom is -0.508 e. The molecule has 0 spiro atoms. The number of phenols is 1. The van der Waals surface area contributed by atoms with E-state index in [1.807, 2.05) is 48.1 Å². The Kier molecular flexibility index (Phi) is 9.93. The molecule has 1 atom stereocenters. The van der Waals surface area contributed by atoms with Crippen molar-refractivity contribution in [2.45, 2.75) is 19.5 Å². The number of benzene rings is 2. The molecule has 0 saturated carbocycles. The van der Waals surface area contributed by atoms with Crippen molar-refractivity contribution in [1.29, 1.82) is 0 Å². The summed E-state index contributed by atoms with van der Waals surface area (Å²) in [6, 6.07) is 14.7. The van der Waals surface area contributed by atoms with Crippen molar-refractivity contribution >= 4 is 41.5 Å². The molecule has 1 heterocycles. The summed E-state index contributed by atoms with van der Waals surface area (Å²) >= 11 is 6.05. The van der Waals surface area contributed by atoms with Gasteiger partial charge in [0.05, 0.1) is 19.7 Å². The van der Waals surface area contributed by atoms with Crippen LogP contribution in [0.5, 0.6) is 11.5 Å². The molecule has 0 saturated heterocycles. The quantitative estimate of drug-likeness (QED) is 0.220. The highest BCUT2D eigenvalue weighted by Gasteiger charge is 2.15. The van der Waals surface area contributed by atoms with Gasteiger partial charge in [-0.25, -0.2) is 4.99 Å². The molecule has 1 unspecified atom stereocenters. The van der Waals surface area contributed by atoms with Crippen LogP contribution in [-0.2, 0) is 6.54 Å². The molecule has 3 N–H and O–H groups in total. The number of nitrogens with zero attached hydrogens (tertiary/aromatic N) is 3. The smallest absolute Gasteiger partial charge is 0.191 e. The fourth-order valence-electron chi connectivity index (χ4n) is 3.03. The predicted molar refractivity (Wildman–Crippen MR) is 135 cm³/mol. The number of rotatable bonds is 8. The number of methoxy groups -OCH3 is 1. The summed E-state index contributed by atoms with van der Waals surface area (Å²) in [5.74, 6) is 1.51. The van der Waals surface area contributed by atoms with E-state index in [9.17, 15) is 5.11 Å². The average molecular weight is 556 g/mol. The maximum Gasteiger partial charge on any atom is 0.191 e. The van der Waals surface area contributed by atoms with Gasteiger partial charge in [0.15, 0.2) is 5.96 Å². The Balaban J connectivity index is 0.00000341. The van der Waals surface area contributed by atoms with Gasteiger partial charge >= 0.3 is 0 Å². The van der Waals surface area contributed by atoms with E-state index in [4.69, 9.17) is 16.3 Å². The molecule has 0 fully saturated rings. The molecule has 166 valence electrons. The fourth-order valence-corrected chi connectivity index (χ4v) is 3.15. The molecule has 0 amide bonds. The van der Waals surface area contributed by atoms with Crippen molar-refractivity contribution in [1.82, 2.24) is 20.4 Å². The van der Waals surface area contributed by atoms with Crippen LogP contribution in [0.1, 0.15) is 24.1 Å². The van der Waals surface area contributed by atoms with Crippen LogP contribution in [-0.4, -0.2) is 41.0 Å². The van der Waals surface area contributed by atoms with Gasteiger partial charge in [-0.05, 0) is 48.9 Å². The molecule has 0 radical (unpaired) electrons. The fraction of sp³-hybridized carbons (Fsp3) is 0.273. The molecule has 9 heteroatoms. The molecule has 0 aliphatic rings. The first-order valence-corrected chi connectivity index (χ1v) is 10.1. The zero-order valence-corrected chi connectivity index (χ0v) is 20.5. The Bertz CT molecular complexity index is 965. The van der Waals surface area contributed by atoms with E-state index in [0.29, 0.717) is 41.9 Å². The lowest BCUT2D eigenvalue weighted by Gasteiger charge is -2.21. The highest BCUT2D eigenvalue weighted by molar-refractivity contribution is 14.0. The first-order valence-electron chi connectivity index (χ1n) is 9.73. The van der Waals surface area contributed by atoms with Crippen LogP contribution in [0.15, 0.2) is 65.9 Å². The third-order valence-corrected chi connectivity index (χ3v) is 4.85. The Morgan fingerprint density at radius 3 is 2.65 bits per heavy atom. The largest absolute Gasteiger partial charge is 0.508 e. The number of ether oxygens (including phenoxy) is 1. The van der Waals surface area contributed by atoms with Gasteiger partial charge in [0.2, 0.25) is 0 Å². The minimum absolute atomic E-state index is 0. The van der Waals surface area contributed by atoms with Gasteiger partial charge < -0.3 is 20.5 Å². The molecule has 0 aliphatic heterocycles. The number of nitrogens with one attached hydrogen (secondary N) is 2. The van der Waals surface area contributed by atoms with Crippen molar-refractivity contribution in [2.75, 3.05) is 20.2 Å². The number of phenolic OH excluding ortho intramolecular Hbond substituents is 1. The Labute approximate surface area is 204 Å². The van der Waals surface area contributed by atoms with Crippen LogP contribution in [0.2, 0.25) is 5.02 Å². The normalized spacial score (nSPS) is 12.0. The first-order chi connectivity index (χ1) is 14.6. The number of hydrogen-bond donors (Lipinski definition) is 3. The van der Waals surface area contributed by atoms with Crippen LogP contribution >= 0.6 is 35.6 Å². The summed E-state index contributed by atoms with van der Waals surface area (Å²) in [7, 11) is 1.59. The van der Waals surface area contributed by atoms with Gasteiger partial charge in [-0.3, -0.25) is 4.68 Å². The first kappa shape index (κ1) is 24.8. The summed E-state index contributed by atoms with van der Waals surface area (Å²) < 4.78 is 7.13. The molecule has 7 nitrogen and oxygen atoms in total. The highest BCUT2D eigenvalue weighted by atomic mass is 127. The van der Waals surface area contributed by atoms with Crippen molar-refractivity contribution in [2.24, 2.45) is 4.99 Å². The molecule has 3 rings (SSSR count). The Morgan fingerprint density at radius 2 is 2.00 bits per heavy atom. The lowest BCUT2D eigenvalue weighted by atomic mass is 10.1. The Hall–Kier alpha value is -2.46. The van der Waals surface area contributed by atoms with Crippen LogP contribution in [0, 0.1) is 0 Å². The van der Waals surface area contributed by atoms with E-state index < -0.39 is 0 Å². The maximum absolute atomic E-state index is 10.1. The van der Waals surface area contributed by atoms with E-state index in [-0.39, 0.29) is 35.8 Å². The Morgan fingerprint density at radius 1 is 1.23 bits per heavy atom. The topological polar surface area (TPSA) is 83.7 Å². The molecule has 31 heavy (non-hydrogen) atoms. The number of aromatic hydroxyl groups is 1. The minimum atomic E-state index is -0.0358. The summed E-state index contributed by atoms with van der Waals surface area (Å²) in [6.07, 6.45) is 3.69. The zero-order chi connectivity index (χ0) is 21.3. The summed E-state index contributed by atoms with van der Waals surface area (Å²) in [5, 5.41) is 21.8. The number of guanidine groups is 1. The third-order valence-electron chi connectivity index (χ3n) is 4.60. The molecular formula is C22H27ClIN5O2. The second kappa shape index (κ2) is 12.4. The molecule has 1 aromatic heterocycles. The van der Waals surface area contributed by atoms with Crippen LogP contribution < -0.4 is 15.4 Å². The van der Waals surface area contributed by atoms with Gasteiger partial charge in [-0.1, -0.05) is 23.7 Å². The van der Waals surface area contributed by atoms with E-state index in [1.165, 1.54) is 0 Å². The van der Waals surface area contributed by atoms with Crippen molar-refractivity contribution in [3.63, 3.8) is 0 Å². The average Bonchev–Trinajstić information content (AvgIpc) is 3.29. The van der Waals surface area contributed by atoms with Gasteiger partial charge in [-0.15, -0.1) is 24.0 Å². The molecule has 0 aliphatic carbocycles. The van der Waals surface area contributed by atoms with Gasteiger partial charge in [0.25, 0.3) is 0 Å². The van der Waals surface area contributed by atoms with Crippen molar-refractivity contribution < 1.29 is 9.84 Å². The van der Waals surface area contributed by atoms with Gasteiger partial charge in [0.1, 0.15) is 11.5 Å². The number of aromatic nitrogens is 2. The van der Waals surface area contributed by atoms with Gasteiger partial charge in [-0.2, -0.15) is 5.10 Å². The second-order valence-electron chi connectivity index (χ2n) is 6.62. The summed E-state index contributed by atoms with van der Waals surface area (Å²) in [4.78, 5) is 4.61. The molecule has 3 aromatic rings. The maximum atomic E-state index is 10.1. The highest BCUT2D eigenvalue weighted by Crippen LogP contribution is 2.23. The van der Waals surface area contributed by atoms with E-state index in [2.05, 4.69) is 20.7 Å². The van der Waals surface area contributed by atoms with E-state index >= 15 is 0 Å². The van der Waals surface area contributed by atoms with E-state index in [1.54, 1.807) is 31.5 Å². The van der Waals surface area contributed by atoms with Crippen molar-refractivity contribution in [3.05, 3.63) is 77.1 Å². The molecule has 2 aromatic carbocycles. The van der Waals surface area contributed by atoms with Crippen molar-refractivity contribution in [3.8, 4) is 11.5 Å². The SMILES string of the molecule is CCNC(=NCc1cc(OC)ccc1O)NCC(c1ccc(Cl)cc1)n1cccn1.I. The predicted octanol–water partition coefficient (Wildman–Crippen LogP) is 4.21. The monoisotopic (exact) mass is 555 g/mol. The van der Waals surface area contributed by atoms with Crippen LogP contribution in [0.4, 0.5) is 0 Å². The zero-order valence-electron chi connectivity index (χ0n) is 17.5. The second-order valence-corrected chi connectivity index (χ2v) is 7.06. The van der Waals surface area contributed by atoms with Gasteiger partial charge in [0, 0.05) is 36.1 Å². The summed E-state index contributed by atoms with van der Waals surface area (Å²) in [5.41, 5.74) is 1.77. The van der Waals surface area contributed by atoms with Crippen LogP contribution in [0.25, 0.3) is 0 Å². The summed E-state index contributed by atoms with van der Waals surface area (Å²) in [6.45, 7) is 3.60. The van der Waals surface area contributed by atoms with E-state index in [0.717, 1.165) is 5.56 Å². The third kappa shape index (κ3) is 7.03. The number of hydrogen-bond acceptors (Lipinski definition) is 4. The molecule has 0 bridgehead atoms. The lowest BCUT2D eigenvalue weighted by molar-refractivity contribution is 0.411. The lowest BCUT2D eigenvalue weighted by Crippen LogP contribution is -2.40. The van der Waals surface area contributed by atoms with Crippen LogP contribution in [0.3, 0.4) is 0 Å². The standard InChI is InChI=1S/C22H26ClN5O2.HI/c1-3-24-22(25-14-17-13-19(30-2)9-10-21(17)29)26-15-20(28-12-4-11-27-28)16-5-7-18(23)8-6-16;/h4-13,20,29H,3,14-15H2,1-2H3,(H2,24,25,26);1H. The number of halogens is 2. The molecular weight excluding hydrogens is 529 g/mol. The number of aliphatic imine (C=N–C) groups is 1.